The molecule has 9 heteroatoms. The quantitative estimate of drug-likeness (QED) is 0.159. The first-order valence-electron chi connectivity index (χ1n) is 15.0. The first-order chi connectivity index (χ1) is 21.6. The molecule has 0 saturated carbocycles. The highest BCUT2D eigenvalue weighted by Gasteiger charge is 2.35. The molecule has 4 aromatic rings. The fourth-order valence-electron chi connectivity index (χ4n) is 4.89. The lowest BCUT2D eigenvalue weighted by Gasteiger charge is -2.34. The van der Waals surface area contributed by atoms with E-state index in [2.05, 4.69) is 5.32 Å². The molecule has 45 heavy (non-hydrogen) atoms. The van der Waals surface area contributed by atoms with E-state index in [-0.39, 0.29) is 29.8 Å². The molecule has 0 aliphatic heterocycles. The molecule has 0 aromatic heterocycles. The van der Waals surface area contributed by atoms with Crippen LogP contribution in [-0.2, 0) is 32.6 Å². The number of nitrogens with zero attached hydrogens (tertiary/aromatic N) is 2. The summed E-state index contributed by atoms with van der Waals surface area (Å²) in [6.07, 6.45) is 2.92. The molecule has 7 nitrogen and oxygen atoms in total. The molecule has 1 N–H and O–H groups in total. The lowest BCUT2D eigenvalue weighted by atomic mass is 10.0. The topological polar surface area (TPSA) is 86.8 Å². The number of rotatable bonds is 14. The summed E-state index contributed by atoms with van der Waals surface area (Å²) in [5.41, 5.74) is 3.05. The number of amides is 2. The lowest BCUT2D eigenvalue weighted by Crippen LogP contribution is -2.54. The average molecular weight is 644 g/mol. The van der Waals surface area contributed by atoms with Crippen molar-refractivity contribution in [1.82, 2.24) is 10.2 Å². The Hall–Kier alpha value is -4.08. The Kier molecular flexibility index (Phi) is 11.8. The van der Waals surface area contributed by atoms with Gasteiger partial charge in [-0.05, 0) is 74.0 Å². The standard InChI is InChI=1S/C36H41N3O4S2/c1-5-28(3)37-36(41)34(24-29-12-8-6-9-13-29)38(25-30-14-10-7-11-15-30)35(40)26-39(31-18-16-27(2)17-19-31)45(42,43)33-22-20-32(44-4)21-23-33/h6-23,28,34H,5,24-26H2,1-4H3,(H,37,41). The number of nitrogens with one attached hydrogen (secondary N) is 1. The Bertz CT molecular complexity index is 1650. The van der Waals surface area contributed by atoms with Gasteiger partial charge in [0.25, 0.3) is 10.0 Å². The normalized spacial score (nSPS) is 12.6. The zero-order valence-electron chi connectivity index (χ0n) is 26.2. The predicted octanol–water partition coefficient (Wildman–Crippen LogP) is 6.47. The molecule has 4 aromatic carbocycles. The van der Waals surface area contributed by atoms with Gasteiger partial charge in [-0.15, -0.1) is 11.8 Å². The van der Waals surface area contributed by atoms with Gasteiger partial charge in [-0.2, -0.15) is 0 Å². The summed E-state index contributed by atoms with van der Waals surface area (Å²) in [5.74, 6) is -0.765. The predicted molar refractivity (Wildman–Crippen MR) is 183 cm³/mol. The monoisotopic (exact) mass is 643 g/mol. The molecule has 4 rings (SSSR count). The molecule has 0 spiro atoms. The minimum atomic E-state index is -4.15. The highest BCUT2D eigenvalue weighted by Crippen LogP contribution is 2.27. The molecule has 0 radical (unpaired) electrons. The minimum absolute atomic E-state index is 0.0821. The van der Waals surface area contributed by atoms with Gasteiger partial charge in [0.15, 0.2) is 0 Å². The largest absolute Gasteiger partial charge is 0.352 e. The van der Waals surface area contributed by atoms with Gasteiger partial charge in [-0.25, -0.2) is 8.42 Å². The number of hydrogen-bond donors (Lipinski definition) is 1. The Morgan fingerprint density at radius 2 is 1.40 bits per heavy atom. The molecule has 0 aliphatic rings. The molecule has 2 atom stereocenters. The minimum Gasteiger partial charge on any atom is -0.352 e. The first kappa shape index (κ1) is 33.8. The Labute approximate surface area is 271 Å². The number of carbonyl (C=O) groups excluding carboxylic acids is 2. The maximum Gasteiger partial charge on any atom is 0.264 e. The summed E-state index contributed by atoms with van der Waals surface area (Å²) >= 11 is 1.51. The van der Waals surface area contributed by atoms with Gasteiger partial charge in [0, 0.05) is 23.9 Å². The van der Waals surface area contributed by atoms with Gasteiger partial charge in [-0.1, -0.05) is 85.3 Å². The second-order valence-electron chi connectivity index (χ2n) is 11.1. The van der Waals surface area contributed by atoms with E-state index in [9.17, 15) is 18.0 Å². The first-order valence-corrected chi connectivity index (χ1v) is 17.7. The van der Waals surface area contributed by atoms with Gasteiger partial charge in [0.1, 0.15) is 12.6 Å². The third kappa shape index (κ3) is 8.99. The van der Waals surface area contributed by atoms with Crippen molar-refractivity contribution < 1.29 is 18.0 Å². The van der Waals surface area contributed by atoms with Crippen LogP contribution in [0.5, 0.6) is 0 Å². The van der Waals surface area contributed by atoms with Crippen LogP contribution in [0.25, 0.3) is 0 Å². The number of aryl methyl sites for hydroxylation is 1. The third-order valence-corrected chi connectivity index (χ3v) is 10.2. The summed E-state index contributed by atoms with van der Waals surface area (Å²) < 4.78 is 29.5. The summed E-state index contributed by atoms with van der Waals surface area (Å²) in [6.45, 7) is 5.48. The van der Waals surface area contributed by atoms with Crippen molar-refractivity contribution in [1.29, 1.82) is 0 Å². The third-order valence-electron chi connectivity index (χ3n) is 7.72. The molecule has 0 saturated heterocycles. The van der Waals surface area contributed by atoms with Crippen LogP contribution in [-0.4, -0.2) is 50.0 Å². The number of benzene rings is 4. The average Bonchev–Trinajstić information content (AvgIpc) is 3.06. The van der Waals surface area contributed by atoms with Crippen LogP contribution in [0, 0.1) is 6.92 Å². The summed E-state index contributed by atoms with van der Waals surface area (Å²) in [5, 5.41) is 3.06. The SMILES string of the molecule is CCC(C)NC(=O)C(Cc1ccccc1)N(Cc1ccccc1)C(=O)CN(c1ccc(C)cc1)S(=O)(=O)c1ccc(SC)cc1. The highest BCUT2D eigenvalue weighted by atomic mass is 32.2. The van der Waals surface area contributed by atoms with Crippen LogP contribution in [0.15, 0.2) is 119 Å². The molecule has 0 fully saturated rings. The van der Waals surface area contributed by atoms with Crippen molar-refractivity contribution in [2.45, 2.75) is 62.0 Å². The Balaban J connectivity index is 1.79. The smallest absolute Gasteiger partial charge is 0.264 e. The van der Waals surface area contributed by atoms with Crippen LogP contribution >= 0.6 is 11.8 Å². The zero-order chi connectivity index (χ0) is 32.4. The summed E-state index contributed by atoms with van der Waals surface area (Å²) in [4.78, 5) is 30.9. The molecule has 2 unspecified atom stereocenters. The van der Waals surface area contributed by atoms with Crippen molar-refractivity contribution in [2.24, 2.45) is 0 Å². The van der Waals surface area contributed by atoms with Crippen LogP contribution in [0.4, 0.5) is 5.69 Å². The van der Waals surface area contributed by atoms with Crippen LogP contribution < -0.4 is 9.62 Å². The van der Waals surface area contributed by atoms with Crippen LogP contribution in [0.2, 0.25) is 0 Å². The number of carbonyl (C=O) groups is 2. The van der Waals surface area contributed by atoms with Crippen LogP contribution in [0.3, 0.4) is 0 Å². The van der Waals surface area contributed by atoms with E-state index in [0.29, 0.717) is 5.69 Å². The zero-order valence-corrected chi connectivity index (χ0v) is 27.9. The van der Waals surface area contributed by atoms with Crippen molar-refractivity contribution in [3.05, 3.63) is 126 Å². The summed E-state index contributed by atoms with van der Waals surface area (Å²) in [7, 11) is -4.15. The van der Waals surface area contributed by atoms with E-state index >= 15 is 0 Å². The maximum absolute atomic E-state index is 14.5. The molecular formula is C36H41N3O4S2. The van der Waals surface area contributed by atoms with Crippen molar-refractivity contribution in [2.75, 3.05) is 17.1 Å². The van der Waals surface area contributed by atoms with Gasteiger partial charge < -0.3 is 10.2 Å². The van der Waals surface area contributed by atoms with E-state index < -0.39 is 28.5 Å². The Morgan fingerprint density at radius 1 is 0.822 bits per heavy atom. The number of sulfonamides is 1. The van der Waals surface area contributed by atoms with Crippen LogP contribution in [0.1, 0.15) is 37.0 Å². The lowest BCUT2D eigenvalue weighted by molar-refractivity contribution is -0.140. The summed E-state index contributed by atoms with van der Waals surface area (Å²) in [6, 6.07) is 31.7. The maximum atomic E-state index is 14.5. The molecule has 0 heterocycles. The van der Waals surface area contributed by atoms with E-state index in [1.54, 1.807) is 36.4 Å². The highest BCUT2D eigenvalue weighted by molar-refractivity contribution is 7.98. The number of hydrogen-bond acceptors (Lipinski definition) is 5. The van der Waals surface area contributed by atoms with Gasteiger partial charge in [-0.3, -0.25) is 13.9 Å². The number of anilines is 1. The Morgan fingerprint density at radius 3 is 1.96 bits per heavy atom. The van der Waals surface area contributed by atoms with E-state index in [1.807, 2.05) is 99.8 Å². The van der Waals surface area contributed by atoms with Crippen molar-refractivity contribution >= 4 is 39.3 Å². The van der Waals surface area contributed by atoms with Crippen molar-refractivity contribution in [3.8, 4) is 0 Å². The molecule has 236 valence electrons. The van der Waals surface area contributed by atoms with E-state index in [1.165, 1.54) is 16.7 Å². The van der Waals surface area contributed by atoms with Crippen molar-refractivity contribution in [3.63, 3.8) is 0 Å². The molecule has 0 aliphatic carbocycles. The van der Waals surface area contributed by atoms with E-state index in [0.717, 1.165) is 32.3 Å². The second-order valence-corrected chi connectivity index (χ2v) is 13.8. The van der Waals surface area contributed by atoms with Gasteiger partial charge in [0.05, 0.1) is 10.6 Å². The molecule has 0 bridgehead atoms. The fourth-order valence-corrected chi connectivity index (χ4v) is 6.71. The second kappa shape index (κ2) is 15.8. The number of thioether (sulfide) groups is 1. The molecular weight excluding hydrogens is 603 g/mol. The van der Waals surface area contributed by atoms with E-state index in [4.69, 9.17) is 0 Å². The fraction of sp³-hybridized carbons (Fsp3) is 0.278. The van der Waals surface area contributed by atoms with Gasteiger partial charge in [0.2, 0.25) is 11.8 Å². The molecule has 2 amide bonds. The van der Waals surface area contributed by atoms with Gasteiger partial charge >= 0.3 is 0 Å².